The van der Waals surface area contributed by atoms with Crippen molar-refractivity contribution in [1.29, 1.82) is 0 Å². The Kier molecular flexibility index (Phi) is 4.77. The molecule has 3 rings (SSSR count). The number of para-hydroxylation sites is 3. The molecule has 2 N–H and O–H groups in total. The normalized spacial score (nSPS) is 10.2. The minimum Gasteiger partial charge on any atom is -0.354 e. The lowest BCUT2D eigenvalue weighted by Crippen LogP contribution is -2.13. The van der Waals surface area contributed by atoms with Crippen LogP contribution < -0.4 is 10.6 Å². The van der Waals surface area contributed by atoms with Crippen LogP contribution in [0.3, 0.4) is 0 Å². The summed E-state index contributed by atoms with van der Waals surface area (Å²) >= 11 is 5.94. The minimum atomic E-state index is -0.484. The molecule has 120 valence electrons. The van der Waals surface area contributed by atoms with Gasteiger partial charge in [-0.2, -0.15) is 0 Å². The first-order valence-electron chi connectivity index (χ1n) is 7.31. The largest absolute Gasteiger partial charge is 0.354 e. The lowest BCUT2D eigenvalue weighted by atomic mass is 10.2. The van der Waals surface area contributed by atoms with Crippen LogP contribution in [-0.4, -0.2) is 5.91 Å². The maximum absolute atomic E-state index is 13.1. The van der Waals surface area contributed by atoms with Gasteiger partial charge in [0, 0.05) is 5.69 Å². The van der Waals surface area contributed by atoms with E-state index in [1.807, 2.05) is 48.5 Å². The van der Waals surface area contributed by atoms with E-state index in [9.17, 15) is 9.18 Å². The Morgan fingerprint density at radius 3 is 2.25 bits per heavy atom. The Hall–Kier alpha value is -2.85. The highest BCUT2D eigenvalue weighted by atomic mass is 35.5. The maximum Gasteiger partial charge on any atom is 0.257 e. The molecular formula is C19H14ClFN2O. The molecule has 1 amide bonds. The molecule has 0 atom stereocenters. The Morgan fingerprint density at radius 1 is 0.875 bits per heavy atom. The summed E-state index contributed by atoms with van der Waals surface area (Å²) in [5.74, 6) is -0.884. The van der Waals surface area contributed by atoms with Gasteiger partial charge in [0.2, 0.25) is 0 Å². The molecule has 0 heterocycles. The number of hydrogen-bond donors (Lipinski definition) is 2. The second kappa shape index (κ2) is 7.15. The van der Waals surface area contributed by atoms with Crippen LogP contribution in [0.2, 0.25) is 5.02 Å². The van der Waals surface area contributed by atoms with Gasteiger partial charge in [0.1, 0.15) is 5.82 Å². The Labute approximate surface area is 144 Å². The molecule has 0 aromatic heterocycles. The molecule has 0 saturated carbocycles. The second-order valence-electron chi connectivity index (χ2n) is 5.11. The summed E-state index contributed by atoms with van der Waals surface area (Å²) < 4.78 is 13.1. The average molecular weight is 341 g/mol. The molecule has 0 radical (unpaired) electrons. The van der Waals surface area contributed by atoms with Gasteiger partial charge in [-0.25, -0.2) is 4.39 Å². The zero-order valence-electron chi connectivity index (χ0n) is 12.6. The molecule has 3 aromatic rings. The second-order valence-corrected chi connectivity index (χ2v) is 5.52. The van der Waals surface area contributed by atoms with E-state index in [1.165, 1.54) is 12.1 Å². The number of carbonyl (C=O) groups excluding carboxylic acids is 1. The first-order valence-corrected chi connectivity index (χ1v) is 7.69. The fourth-order valence-electron chi connectivity index (χ4n) is 2.24. The SMILES string of the molecule is O=C(Nc1ccccc1Nc1ccccc1)c1ccc(F)cc1Cl. The molecule has 0 aliphatic carbocycles. The number of rotatable bonds is 4. The summed E-state index contributed by atoms with van der Waals surface area (Å²) in [7, 11) is 0. The molecule has 3 nitrogen and oxygen atoms in total. The first-order chi connectivity index (χ1) is 11.6. The van der Waals surface area contributed by atoms with Crippen molar-refractivity contribution in [2.75, 3.05) is 10.6 Å². The van der Waals surface area contributed by atoms with Gasteiger partial charge in [-0.3, -0.25) is 4.79 Å². The van der Waals surface area contributed by atoms with Crippen LogP contribution in [0.4, 0.5) is 21.5 Å². The highest BCUT2D eigenvalue weighted by molar-refractivity contribution is 6.34. The van der Waals surface area contributed by atoms with Crippen LogP contribution in [0.25, 0.3) is 0 Å². The third-order valence-corrected chi connectivity index (χ3v) is 3.72. The standard InChI is InChI=1S/C19H14ClFN2O/c20-16-12-13(21)10-11-15(16)19(24)23-18-9-5-4-8-17(18)22-14-6-2-1-3-7-14/h1-12,22H,(H,23,24). The highest BCUT2D eigenvalue weighted by Gasteiger charge is 2.13. The number of halogens is 2. The lowest BCUT2D eigenvalue weighted by Gasteiger charge is -2.13. The van der Waals surface area contributed by atoms with Gasteiger partial charge >= 0.3 is 0 Å². The summed E-state index contributed by atoms with van der Waals surface area (Å²) in [4.78, 5) is 12.4. The highest BCUT2D eigenvalue weighted by Crippen LogP contribution is 2.26. The molecule has 3 aromatic carbocycles. The van der Waals surface area contributed by atoms with Crippen molar-refractivity contribution in [3.05, 3.63) is 89.2 Å². The van der Waals surface area contributed by atoms with Gasteiger partial charge < -0.3 is 10.6 Å². The number of amides is 1. The van der Waals surface area contributed by atoms with Crippen molar-refractivity contribution in [3.63, 3.8) is 0 Å². The van der Waals surface area contributed by atoms with E-state index in [4.69, 9.17) is 11.6 Å². The van der Waals surface area contributed by atoms with Crippen molar-refractivity contribution < 1.29 is 9.18 Å². The van der Waals surface area contributed by atoms with Crippen LogP contribution in [0.15, 0.2) is 72.8 Å². The number of nitrogens with one attached hydrogen (secondary N) is 2. The van der Waals surface area contributed by atoms with Gasteiger partial charge in [-0.15, -0.1) is 0 Å². The molecule has 24 heavy (non-hydrogen) atoms. The third kappa shape index (κ3) is 3.73. The van der Waals surface area contributed by atoms with Crippen molar-refractivity contribution >= 4 is 34.6 Å². The predicted octanol–water partition coefficient (Wildman–Crippen LogP) is 5.48. The first kappa shape index (κ1) is 16.0. The summed E-state index contributed by atoms with van der Waals surface area (Å²) in [6.07, 6.45) is 0. The van der Waals surface area contributed by atoms with E-state index >= 15 is 0 Å². The van der Waals surface area contributed by atoms with Gasteiger partial charge in [0.25, 0.3) is 5.91 Å². The summed E-state index contributed by atoms with van der Waals surface area (Å²) in [5, 5.41) is 6.11. The smallest absolute Gasteiger partial charge is 0.257 e. The van der Waals surface area contributed by atoms with E-state index in [-0.39, 0.29) is 10.6 Å². The fraction of sp³-hybridized carbons (Fsp3) is 0. The third-order valence-electron chi connectivity index (χ3n) is 3.40. The zero-order chi connectivity index (χ0) is 16.9. The molecule has 0 spiro atoms. The molecule has 0 fully saturated rings. The molecule has 5 heteroatoms. The van der Waals surface area contributed by atoms with Gasteiger partial charge in [0.05, 0.1) is 22.0 Å². The van der Waals surface area contributed by atoms with Crippen molar-refractivity contribution in [2.24, 2.45) is 0 Å². The molecule has 0 saturated heterocycles. The fourth-order valence-corrected chi connectivity index (χ4v) is 2.49. The summed E-state index contributed by atoms with van der Waals surface area (Å²) in [6, 6.07) is 20.6. The van der Waals surface area contributed by atoms with Gasteiger partial charge in [-0.1, -0.05) is 41.9 Å². The number of anilines is 3. The predicted molar refractivity (Wildman–Crippen MR) is 95.5 cm³/mol. The van der Waals surface area contributed by atoms with Gasteiger partial charge in [0.15, 0.2) is 0 Å². The molecule has 0 bridgehead atoms. The quantitative estimate of drug-likeness (QED) is 0.660. The lowest BCUT2D eigenvalue weighted by molar-refractivity contribution is 0.102. The van der Waals surface area contributed by atoms with Crippen molar-refractivity contribution in [1.82, 2.24) is 0 Å². The van der Waals surface area contributed by atoms with Gasteiger partial charge in [-0.05, 0) is 42.5 Å². The Morgan fingerprint density at radius 2 is 1.54 bits per heavy atom. The van der Waals surface area contributed by atoms with E-state index in [1.54, 1.807) is 6.07 Å². The number of hydrogen-bond acceptors (Lipinski definition) is 2. The van der Waals surface area contributed by atoms with Crippen LogP contribution in [-0.2, 0) is 0 Å². The molecule has 0 aliphatic heterocycles. The molecular weight excluding hydrogens is 327 g/mol. The number of carbonyl (C=O) groups is 1. The maximum atomic E-state index is 13.1. The molecule has 0 unspecified atom stereocenters. The van der Waals surface area contributed by atoms with Crippen LogP contribution in [0.1, 0.15) is 10.4 Å². The van der Waals surface area contributed by atoms with E-state index in [2.05, 4.69) is 10.6 Å². The zero-order valence-corrected chi connectivity index (χ0v) is 13.3. The van der Waals surface area contributed by atoms with Crippen molar-refractivity contribution in [2.45, 2.75) is 0 Å². The average Bonchev–Trinajstić information content (AvgIpc) is 2.57. The van der Waals surface area contributed by atoms with E-state index in [0.717, 1.165) is 17.4 Å². The molecule has 0 aliphatic rings. The Balaban J connectivity index is 1.84. The van der Waals surface area contributed by atoms with Crippen LogP contribution in [0, 0.1) is 5.82 Å². The minimum absolute atomic E-state index is 0.0704. The van der Waals surface area contributed by atoms with Crippen LogP contribution >= 0.6 is 11.6 Å². The van der Waals surface area contributed by atoms with Crippen molar-refractivity contribution in [3.8, 4) is 0 Å². The Bertz CT molecular complexity index is 868. The monoisotopic (exact) mass is 340 g/mol. The van der Waals surface area contributed by atoms with E-state index < -0.39 is 11.7 Å². The van der Waals surface area contributed by atoms with E-state index in [0.29, 0.717) is 5.69 Å². The summed E-state index contributed by atoms with van der Waals surface area (Å²) in [5.41, 5.74) is 2.47. The van der Waals surface area contributed by atoms with Crippen LogP contribution in [0.5, 0.6) is 0 Å². The topological polar surface area (TPSA) is 41.1 Å². The summed E-state index contributed by atoms with van der Waals surface area (Å²) in [6.45, 7) is 0. The number of benzene rings is 3.